The molecule has 12 heteroatoms. The minimum atomic E-state index is -0.0539. The second-order valence-corrected chi connectivity index (χ2v) is 24.5. The molecule has 0 aliphatic carbocycles. The molecule has 0 saturated carbocycles. The summed E-state index contributed by atoms with van der Waals surface area (Å²) in [4.78, 5) is 66.4. The normalized spacial score (nSPS) is 14.6. The summed E-state index contributed by atoms with van der Waals surface area (Å²) in [6, 6.07) is 52.2. The van der Waals surface area contributed by atoms with Crippen LogP contribution < -0.4 is 10.6 Å². The Labute approximate surface area is 528 Å². The first-order chi connectivity index (χ1) is 41.8. The van der Waals surface area contributed by atoms with Crippen LogP contribution in [0.5, 0.6) is 0 Å². The molecule has 4 aliphatic heterocycles. The molecule has 0 bridgehead atoms. The lowest BCUT2D eigenvalue weighted by Gasteiger charge is -2.26. The first-order valence-corrected chi connectivity index (χ1v) is 33.0. The quantitative estimate of drug-likeness (QED) is 0.0428. The first-order valence-electron chi connectivity index (χ1n) is 31.4. The summed E-state index contributed by atoms with van der Waals surface area (Å²) in [5.41, 5.74) is 18.4. The Kier molecular flexibility index (Phi) is 24.0. The van der Waals surface area contributed by atoms with E-state index in [2.05, 4.69) is 139 Å². The highest BCUT2D eigenvalue weighted by atomic mass is 79.9. The first kappa shape index (κ1) is 64.7. The third-order valence-electron chi connectivity index (χ3n) is 16.3. The summed E-state index contributed by atoms with van der Waals surface area (Å²) in [5, 5.41) is 0. The van der Waals surface area contributed by atoms with E-state index in [1.165, 1.54) is 0 Å². The van der Waals surface area contributed by atoms with Gasteiger partial charge in [-0.3, -0.25) is 19.2 Å². The molecule has 0 radical (unpaired) electrons. The van der Waals surface area contributed by atoms with Crippen LogP contribution in [0.3, 0.4) is 0 Å². The van der Waals surface area contributed by atoms with Crippen LogP contribution in [-0.2, 0) is 19.2 Å². The van der Waals surface area contributed by atoms with Gasteiger partial charge in [0.05, 0.1) is 45.1 Å². The number of anilines is 3. The zero-order valence-electron chi connectivity index (χ0n) is 51.4. The number of rotatable bonds is 26. The smallest absolute Gasteiger partial charge is 0.261 e. The van der Waals surface area contributed by atoms with Gasteiger partial charge in [0.25, 0.3) is 23.6 Å². The van der Waals surface area contributed by atoms with Crippen LogP contribution in [0.15, 0.2) is 189 Å². The zero-order chi connectivity index (χ0) is 61.1. The van der Waals surface area contributed by atoms with Crippen molar-refractivity contribution < 1.29 is 19.2 Å². The number of halogens is 2. The number of carbonyl (C=O) groups excluding carboxylic acids is 4. The van der Waals surface area contributed by atoms with Crippen molar-refractivity contribution in [2.75, 3.05) is 43.9 Å². The van der Waals surface area contributed by atoms with Crippen LogP contribution in [0.4, 0.5) is 17.1 Å². The lowest BCUT2D eigenvalue weighted by Crippen LogP contribution is -2.31. The zero-order valence-corrected chi connectivity index (χ0v) is 54.5. The summed E-state index contributed by atoms with van der Waals surface area (Å²) in [6.07, 6.45) is 17.0. The number of carbonyl (C=O) groups is 4. The van der Waals surface area contributed by atoms with Crippen molar-refractivity contribution in [1.82, 2.24) is 19.6 Å². The van der Waals surface area contributed by atoms with Crippen LogP contribution in [0.25, 0.3) is 22.8 Å². The van der Waals surface area contributed by atoms with Gasteiger partial charge in [-0.15, -0.1) is 0 Å². The van der Waals surface area contributed by atoms with E-state index in [-0.39, 0.29) is 23.6 Å². The number of hydrogen-bond donors (Lipinski definition) is 1. The van der Waals surface area contributed by atoms with Gasteiger partial charge in [0, 0.05) is 59.2 Å². The van der Waals surface area contributed by atoms with Crippen LogP contribution in [-0.4, -0.2) is 76.5 Å². The Morgan fingerprint density at radius 3 is 0.895 bits per heavy atom. The van der Waals surface area contributed by atoms with E-state index in [0.717, 1.165) is 179 Å². The predicted octanol–water partition coefficient (Wildman–Crippen LogP) is 18.2. The molecule has 4 aliphatic rings. The molecule has 4 amide bonds. The number of nitrogens with zero attached hydrogens (tertiary/aromatic N) is 5. The number of amides is 4. The molecule has 450 valence electrons. The summed E-state index contributed by atoms with van der Waals surface area (Å²) in [6.45, 7) is 13.3. The number of para-hydroxylation sites is 2. The summed E-state index contributed by atoms with van der Waals surface area (Å²) < 4.78 is 1.94. The predicted molar refractivity (Wildman–Crippen MR) is 362 cm³/mol. The second-order valence-electron chi connectivity index (χ2n) is 22.7. The molecule has 6 aromatic carbocycles. The molecular formula is C74H86Br2N6O4. The molecule has 86 heavy (non-hydrogen) atoms. The van der Waals surface area contributed by atoms with Gasteiger partial charge in [0.1, 0.15) is 0 Å². The van der Waals surface area contributed by atoms with E-state index in [0.29, 0.717) is 48.5 Å². The molecule has 0 spiro atoms. The number of nitrogens with two attached hydrogens (primary N) is 1. The summed E-state index contributed by atoms with van der Waals surface area (Å²) in [7, 11) is 2.05. The molecular weight excluding hydrogens is 1200 g/mol. The van der Waals surface area contributed by atoms with Gasteiger partial charge in [-0.2, -0.15) is 0 Å². The standard InChI is InChI=1S/C38H45N3O2.C30H34Br2N2O2.C6H7N/c1-5-7-9-14-26-40-35(29-20-18-28(3)19-21-29)33-34(38(40)43)36(41(37(33)42)27-15-10-8-6-2)30-22-24-32(25-23-30)39(4)31-16-12-11-13-17-31;1-3-5-7-9-19-33-27(21-11-15-23(31)16-12-21)25-26(29(33)35)28(22-13-17-24(32)18-14-22)34(30(25)36)20-10-8-6-4-2;7-6-4-2-1-3-5-6/h11-13,16-25H,5-10,14-15,26-27H2,1-4H3;11-18H,3-10,19-20H2,1-2H3;1-5H,7H2. The highest BCUT2D eigenvalue weighted by Gasteiger charge is 2.50. The van der Waals surface area contributed by atoms with Crippen LogP contribution in [0.2, 0.25) is 0 Å². The van der Waals surface area contributed by atoms with Crippen LogP contribution in [0.1, 0.15) is 158 Å². The van der Waals surface area contributed by atoms with Crippen molar-refractivity contribution in [3.05, 3.63) is 217 Å². The SMILES string of the molecule is CCCCCCN1C(=O)C2=C(c3ccc(Br)cc3)N(CCCCCC)C(=O)C2=C1c1ccc(Br)cc1.CCCCCCN1C(=O)C2=C(c3ccc(N(C)c4ccccc4)cc3)N(CCCCCC)C(=O)C2=C1c1ccc(C)cc1.Nc1ccccc1. The third kappa shape index (κ3) is 15.5. The number of fused-ring (bicyclic) bond motifs is 2. The molecule has 0 unspecified atom stereocenters. The third-order valence-corrected chi connectivity index (χ3v) is 17.4. The Hall–Kier alpha value is -7.28. The van der Waals surface area contributed by atoms with Crippen molar-refractivity contribution in [2.45, 2.75) is 137 Å². The second kappa shape index (κ2) is 31.9. The molecule has 0 atom stereocenters. The van der Waals surface area contributed by atoms with Crippen molar-refractivity contribution >= 4 is 95.3 Å². The van der Waals surface area contributed by atoms with Gasteiger partial charge < -0.3 is 30.2 Å². The molecule has 2 N–H and O–H groups in total. The number of aryl methyl sites for hydroxylation is 1. The Morgan fingerprint density at radius 2 is 0.616 bits per heavy atom. The van der Waals surface area contributed by atoms with E-state index in [1.54, 1.807) is 0 Å². The van der Waals surface area contributed by atoms with E-state index < -0.39 is 0 Å². The maximum atomic E-state index is 14.4. The van der Waals surface area contributed by atoms with E-state index in [4.69, 9.17) is 5.73 Å². The van der Waals surface area contributed by atoms with Crippen molar-refractivity contribution in [3.63, 3.8) is 0 Å². The maximum Gasteiger partial charge on any atom is 0.261 e. The molecule has 6 aromatic rings. The maximum absolute atomic E-state index is 14.4. The van der Waals surface area contributed by atoms with E-state index in [1.807, 2.05) is 117 Å². The molecule has 0 fully saturated rings. The van der Waals surface area contributed by atoms with E-state index >= 15 is 0 Å². The topological polar surface area (TPSA) is 110 Å². The van der Waals surface area contributed by atoms with Crippen LogP contribution in [0, 0.1) is 6.92 Å². The largest absolute Gasteiger partial charge is 0.399 e. The fourth-order valence-corrected chi connectivity index (χ4v) is 12.2. The molecule has 4 heterocycles. The number of unbranched alkanes of at least 4 members (excludes halogenated alkanes) is 12. The van der Waals surface area contributed by atoms with Crippen molar-refractivity contribution in [2.24, 2.45) is 0 Å². The van der Waals surface area contributed by atoms with Gasteiger partial charge >= 0.3 is 0 Å². The number of nitrogen functional groups attached to an aromatic ring is 1. The minimum Gasteiger partial charge on any atom is -0.399 e. The summed E-state index contributed by atoms with van der Waals surface area (Å²) >= 11 is 7.04. The van der Waals surface area contributed by atoms with Crippen molar-refractivity contribution in [1.29, 1.82) is 0 Å². The monoisotopic (exact) mass is 1280 g/mol. The van der Waals surface area contributed by atoms with Crippen molar-refractivity contribution in [3.8, 4) is 0 Å². The average molecular weight is 1280 g/mol. The lowest BCUT2D eigenvalue weighted by atomic mass is 10.0. The van der Waals surface area contributed by atoms with Gasteiger partial charge in [-0.1, -0.05) is 239 Å². The van der Waals surface area contributed by atoms with Gasteiger partial charge in [0.15, 0.2) is 0 Å². The molecule has 10 nitrogen and oxygen atoms in total. The highest BCUT2D eigenvalue weighted by molar-refractivity contribution is 9.10. The lowest BCUT2D eigenvalue weighted by molar-refractivity contribution is -0.124. The van der Waals surface area contributed by atoms with Gasteiger partial charge in [-0.05, 0) is 116 Å². The van der Waals surface area contributed by atoms with E-state index in [9.17, 15) is 19.2 Å². The average Bonchev–Trinajstić information content (AvgIpc) is 2.01. The summed E-state index contributed by atoms with van der Waals surface area (Å²) in [5.74, 6) is -0.206. The number of benzene rings is 6. The number of hydrogen-bond acceptors (Lipinski definition) is 6. The minimum absolute atomic E-state index is 0.0491. The Morgan fingerprint density at radius 1 is 0.349 bits per heavy atom. The van der Waals surface area contributed by atoms with Gasteiger partial charge in [-0.25, -0.2) is 0 Å². The Balaban J connectivity index is 0.000000203. The molecule has 0 aromatic heterocycles. The fraction of sp³-hybridized carbons (Fsp3) is 0.351. The molecule has 10 rings (SSSR count). The highest BCUT2D eigenvalue weighted by Crippen LogP contribution is 2.49. The van der Waals surface area contributed by atoms with Crippen LogP contribution >= 0.6 is 31.9 Å². The molecule has 0 saturated heterocycles. The fourth-order valence-electron chi connectivity index (χ4n) is 11.7. The Bertz CT molecular complexity index is 3300. The van der Waals surface area contributed by atoms with Gasteiger partial charge in [0.2, 0.25) is 0 Å².